The van der Waals surface area contributed by atoms with Crippen molar-refractivity contribution in [3.63, 3.8) is 0 Å². The van der Waals surface area contributed by atoms with Gasteiger partial charge in [0.25, 0.3) is 0 Å². The Morgan fingerprint density at radius 2 is 1.86 bits per heavy atom. The van der Waals surface area contributed by atoms with E-state index in [2.05, 4.69) is 0 Å². The zero-order valence-electron chi connectivity index (χ0n) is 12.8. The molecule has 0 saturated heterocycles. The first-order valence-electron chi connectivity index (χ1n) is 7.78. The second-order valence-electron chi connectivity index (χ2n) is 6.07. The fourth-order valence-corrected chi connectivity index (χ4v) is 2.77. The van der Waals surface area contributed by atoms with Crippen LogP contribution in [0.2, 0.25) is 0 Å². The van der Waals surface area contributed by atoms with Crippen LogP contribution in [-0.4, -0.2) is 24.3 Å². The summed E-state index contributed by atoms with van der Waals surface area (Å²) in [5.74, 6) is -1.96. The zero-order valence-corrected chi connectivity index (χ0v) is 12.8. The third-order valence-corrected chi connectivity index (χ3v) is 4.32. The van der Waals surface area contributed by atoms with Crippen LogP contribution in [0.25, 0.3) is 0 Å². The topological polar surface area (TPSA) is 52.3 Å². The largest absolute Gasteiger partial charge is 0.462 e. The first-order chi connectivity index (χ1) is 9.75. The Labute approximate surface area is 124 Å². The fraction of sp³-hybridized carbons (Fsp3) is 0.933. The lowest BCUT2D eigenvalue weighted by Gasteiger charge is -2.30. The minimum atomic E-state index is -4.58. The average Bonchev–Trinajstić information content (AvgIpc) is 2.43. The summed E-state index contributed by atoms with van der Waals surface area (Å²) in [5.41, 5.74) is 5.30. The molecule has 2 N–H and O–H groups in total. The molecule has 3 atom stereocenters. The number of ether oxygens (including phenoxy) is 1. The lowest BCUT2D eigenvalue weighted by atomic mass is 9.80. The number of hydrogen-bond acceptors (Lipinski definition) is 3. The lowest BCUT2D eigenvalue weighted by molar-refractivity contribution is -0.180. The number of halogens is 3. The van der Waals surface area contributed by atoms with Crippen LogP contribution in [0.4, 0.5) is 13.2 Å². The summed E-state index contributed by atoms with van der Waals surface area (Å²) in [4.78, 5) is 12.1. The maximum absolute atomic E-state index is 12.9. The van der Waals surface area contributed by atoms with Gasteiger partial charge in [-0.1, -0.05) is 39.0 Å². The third kappa shape index (κ3) is 5.85. The molecule has 1 aliphatic carbocycles. The number of carbonyl (C=O) groups is 1. The molecule has 0 bridgehead atoms. The molecule has 3 nitrogen and oxygen atoms in total. The van der Waals surface area contributed by atoms with Gasteiger partial charge in [-0.25, -0.2) is 0 Å². The summed E-state index contributed by atoms with van der Waals surface area (Å²) in [6, 6.07) is -2.14. The van der Waals surface area contributed by atoms with Crippen molar-refractivity contribution in [1.29, 1.82) is 0 Å². The highest BCUT2D eigenvalue weighted by Gasteiger charge is 2.46. The van der Waals surface area contributed by atoms with Gasteiger partial charge in [0.15, 0.2) is 0 Å². The summed E-state index contributed by atoms with van der Waals surface area (Å²) in [7, 11) is 0. The van der Waals surface area contributed by atoms with Gasteiger partial charge in [-0.15, -0.1) is 0 Å². The van der Waals surface area contributed by atoms with E-state index in [1.54, 1.807) is 6.92 Å². The van der Waals surface area contributed by atoms with E-state index in [0.29, 0.717) is 6.42 Å². The molecular weight excluding hydrogens is 283 g/mol. The minimum Gasteiger partial charge on any atom is -0.462 e. The first-order valence-corrected chi connectivity index (χ1v) is 7.78. The van der Waals surface area contributed by atoms with Crippen molar-refractivity contribution in [3.05, 3.63) is 0 Å². The van der Waals surface area contributed by atoms with Crippen molar-refractivity contribution in [2.45, 2.75) is 77.1 Å². The predicted octanol–water partition coefficient (Wildman–Crippen LogP) is 3.80. The number of alkyl halides is 3. The molecule has 1 rings (SSSR count). The molecule has 21 heavy (non-hydrogen) atoms. The first kappa shape index (κ1) is 18.3. The van der Waals surface area contributed by atoms with Crippen LogP contribution in [0, 0.1) is 11.8 Å². The molecule has 0 radical (unpaired) electrons. The Morgan fingerprint density at radius 3 is 2.33 bits per heavy atom. The Bertz CT molecular complexity index is 327. The van der Waals surface area contributed by atoms with Crippen LogP contribution < -0.4 is 5.73 Å². The van der Waals surface area contributed by atoms with E-state index < -0.39 is 24.1 Å². The number of carbonyl (C=O) groups excluding carboxylic acids is 1. The molecule has 1 saturated carbocycles. The zero-order chi connectivity index (χ0) is 16.0. The number of rotatable bonds is 6. The molecule has 0 aromatic carbocycles. The van der Waals surface area contributed by atoms with Crippen molar-refractivity contribution >= 4 is 5.97 Å². The summed E-state index contributed by atoms with van der Waals surface area (Å²) in [5, 5.41) is 0. The number of esters is 1. The molecule has 0 aromatic heterocycles. The van der Waals surface area contributed by atoms with E-state index in [0.717, 1.165) is 32.1 Å². The highest BCUT2D eigenvalue weighted by Crippen LogP contribution is 2.34. The van der Waals surface area contributed by atoms with Crippen LogP contribution >= 0.6 is 0 Å². The van der Waals surface area contributed by atoms with Gasteiger partial charge in [0.05, 0.1) is 12.0 Å². The lowest BCUT2D eigenvalue weighted by Crippen LogP contribution is -2.48. The molecule has 6 heteroatoms. The molecule has 0 spiro atoms. The molecule has 1 fully saturated rings. The normalized spacial score (nSPS) is 21.6. The van der Waals surface area contributed by atoms with Crippen LogP contribution in [0.1, 0.15) is 58.8 Å². The highest BCUT2D eigenvalue weighted by atomic mass is 19.4. The molecule has 0 heterocycles. The Kier molecular flexibility index (Phi) is 6.97. The smallest absolute Gasteiger partial charge is 0.404 e. The van der Waals surface area contributed by atoms with E-state index in [9.17, 15) is 18.0 Å². The molecule has 1 aliphatic rings. The SMILES string of the molecule is CCC(C)OC(=O)[C@H](CC1CCCCC1)[C@@H](N)C(F)(F)F. The molecule has 1 unspecified atom stereocenters. The van der Waals surface area contributed by atoms with Gasteiger partial charge in [-0.3, -0.25) is 4.79 Å². The van der Waals surface area contributed by atoms with Gasteiger partial charge >= 0.3 is 12.1 Å². The van der Waals surface area contributed by atoms with E-state index in [-0.39, 0.29) is 18.4 Å². The highest BCUT2D eigenvalue weighted by molar-refractivity contribution is 5.73. The maximum Gasteiger partial charge on any atom is 0.404 e. The van der Waals surface area contributed by atoms with Crippen LogP contribution in [0.3, 0.4) is 0 Å². The molecular formula is C15H26F3NO2. The van der Waals surface area contributed by atoms with Crippen LogP contribution in [-0.2, 0) is 9.53 Å². The van der Waals surface area contributed by atoms with Gasteiger partial charge in [0.1, 0.15) is 6.04 Å². The van der Waals surface area contributed by atoms with Crippen molar-refractivity contribution in [2.75, 3.05) is 0 Å². The molecule has 0 amide bonds. The van der Waals surface area contributed by atoms with Gasteiger partial charge in [-0.2, -0.15) is 13.2 Å². The quantitative estimate of drug-likeness (QED) is 0.759. The summed E-state index contributed by atoms with van der Waals surface area (Å²) in [6.07, 6.45) is 0.677. The van der Waals surface area contributed by atoms with E-state index in [1.807, 2.05) is 6.92 Å². The standard InChI is InChI=1S/C15H26F3NO2/c1-3-10(2)21-14(20)12(13(19)15(16,17)18)9-11-7-5-4-6-8-11/h10-13H,3-9,19H2,1-2H3/t10?,12-,13-/m1/s1. The predicted molar refractivity (Wildman–Crippen MR) is 74.6 cm³/mol. The Hall–Kier alpha value is -0.780. The summed E-state index contributed by atoms with van der Waals surface area (Å²) < 4.78 is 43.8. The third-order valence-electron chi connectivity index (χ3n) is 4.32. The number of nitrogens with two attached hydrogens (primary N) is 1. The fourth-order valence-electron chi connectivity index (χ4n) is 2.77. The average molecular weight is 309 g/mol. The van der Waals surface area contributed by atoms with Gasteiger partial charge < -0.3 is 10.5 Å². The molecule has 124 valence electrons. The van der Waals surface area contributed by atoms with E-state index in [4.69, 9.17) is 10.5 Å². The Morgan fingerprint density at radius 1 is 1.29 bits per heavy atom. The maximum atomic E-state index is 12.9. The van der Waals surface area contributed by atoms with Crippen molar-refractivity contribution in [2.24, 2.45) is 17.6 Å². The van der Waals surface area contributed by atoms with Crippen LogP contribution in [0.5, 0.6) is 0 Å². The van der Waals surface area contributed by atoms with E-state index in [1.165, 1.54) is 0 Å². The van der Waals surface area contributed by atoms with Gasteiger partial charge in [0.2, 0.25) is 0 Å². The second-order valence-corrected chi connectivity index (χ2v) is 6.07. The van der Waals surface area contributed by atoms with Crippen molar-refractivity contribution < 1.29 is 22.7 Å². The van der Waals surface area contributed by atoms with Gasteiger partial charge in [0, 0.05) is 0 Å². The number of hydrogen-bond donors (Lipinski definition) is 1. The summed E-state index contributed by atoms with van der Waals surface area (Å²) >= 11 is 0. The van der Waals surface area contributed by atoms with Crippen molar-refractivity contribution in [1.82, 2.24) is 0 Å². The monoisotopic (exact) mass is 309 g/mol. The van der Waals surface area contributed by atoms with Crippen molar-refractivity contribution in [3.8, 4) is 0 Å². The van der Waals surface area contributed by atoms with E-state index >= 15 is 0 Å². The second kappa shape index (κ2) is 8.01. The van der Waals surface area contributed by atoms with Gasteiger partial charge in [-0.05, 0) is 25.7 Å². The minimum absolute atomic E-state index is 0.140. The molecule has 0 aliphatic heterocycles. The van der Waals surface area contributed by atoms with Crippen LogP contribution in [0.15, 0.2) is 0 Å². The summed E-state index contributed by atoms with van der Waals surface area (Å²) in [6.45, 7) is 3.49. The molecule has 0 aromatic rings. The Balaban J connectivity index is 2.75.